The number of rotatable bonds is 5. The molecule has 0 aliphatic heterocycles. The maximum absolute atomic E-state index is 12.4. The Balaban J connectivity index is 2.78. The van der Waals surface area contributed by atoms with E-state index in [4.69, 9.17) is 16.3 Å². The summed E-state index contributed by atoms with van der Waals surface area (Å²) >= 11 is 5.93. The Hall–Kier alpha value is -1.01. The highest BCUT2D eigenvalue weighted by Gasteiger charge is 2.38. The van der Waals surface area contributed by atoms with Crippen molar-refractivity contribution in [3.63, 3.8) is 0 Å². The molecule has 1 N–H and O–H groups in total. The minimum atomic E-state index is -4.42. The second-order valence-electron chi connectivity index (χ2n) is 4.42. The maximum Gasteiger partial charge on any atom is 0.425 e. The Labute approximate surface area is 115 Å². The van der Waals surface area contributed by atoms with Gasteiger partial charge in [-0.3, -0.25) is 0 Å². The van der Waals surface area contributed by atoms with Crippen LogP contribution in [0.2, 0.25) is 5.02 Å². The van der Waals surface area contributed by atoms with Gasteiger partial charge in [0.05, 0.1) is 10.7 Å². The van der Waals surface area contributed by atoms with Gasteiger partial charge in [0.25, 0.3) is 0 Å². The summed E-state index contributed by atoms with van der Waals surface area (Å²) in [7, 11) is 0. The van der Waals surface area contributed by atoms with Crippen molar-refractivity contribution >= 4 is 11.6 Å². The first-order valence-electron chi connectivity index (χ1n) is 5.82. The summed E-state index contributed by atoms with van der Waals surface area (Å²) in [4.78, 5) is 3.98. The van der Waals surface area contributed by atoms with E-state index >= 15 is 0 Å². The molecule has 1 aromatic heterocycles. The van der Waals surface area contributed by atoms with Crippen LogP contribution in [-0.4, -0.2) is 23.3 Å². The minimum Gasteiger partial charge on any atom is -0.465 e. The highest BCUT2D eigenvalue weighted by Crippen LogP contribution is 2.25. The average Bonchev–Trinajstić information content (AvgIpc) is 2.28. The molecular formula is C12H16ClF3N2O. The summed E-state index contributed by atoms with van der Waals surface area (Å²) in [5.41, 5.74) is 0.460. The third kappa shape index (κ3) is 5.24. The fourth-order valence-corrected chi connectivity index (χ4v) is 1.37. The molecule has 1 unspecified atom stereocenters. The van der Waals surface area contributed by atoms with E-state index in [1.54, 1.807) is 0 Å². The molecule has 0 bridgehead atoms. The van der Waals surface area contributed by atoms with Crippen molar-refractivity contribution in [1.82, 2.24) is 10.3 Å². The van der Waals surface area contributed by atoms with Crippen molar-refractivity contribution in [2.24, 2.45) is 0 Å². The van der Waals surface area contributed by atoms with E-state index in [1.165, 1.54) is 12.1 Å². The van der Waals surface area contributed by atoms with Crippen LogP contribution in [0, 0.1) is 0 Å². The summed E-state index contributed by atoms with van der Waals surface area (Å²) in [5.74, 6) is -0.0882. The second kappa shape index (κ2) is 6.43. The first-order chi connectivity index (χ1) is 8.70. The van der Waals surface area contributed by atoms with E-state index in [1.807, 2.05) is 13.8 Å². The van der Waals surface area contributed by atoms with Crippen LogP contribution in [0.25, 0.3) is 0 Å². The lowest BCUT2D eigenvalue weighted by Gasteiger charge is -2.17. The molecular weight excluding hydrogens is 281 g/mol. The van der Waals surface area contributed by atoms with Gasteiger partial charge in [-0.25, -0.2) is 4.98 Å². The predicted octanol–water partition coefficient (Wildman–Crippen LogP) is 3.56. The van der Waals surface area contributed by atoms with Crippen LogP contribution in [0.15, 0.2) is 12.1 Å². The molecule has 108 valence electrons. The molecule has 0 fully saturated rings. The Kier molecular flexibility index (Phi) is 5.43. The van der Waals surface area contributed by atoms with Crippen molar-refractivity contribution in [3.8, 4) is 5.88 Å². The number of alkyl halides is 3. The zero-order valence-electron chi connectivity index (χ0n) is 10.9. The van der Waals surface area contributed by atoms with Gasteiger partial charge in [-0.1, -0.05) is 25.4 Å². The zero-order valence-corrected chi connectivity index (χ0v) is 11.6. The lowest BCUT2D eigenvalue weighted by Crippen LogP contribution is -2.31. The zero-order chi connectivity index (χ0) is 14.6. The third-order valence-corrected chi connectivity index (χ3v) is 2.67. The molecule has 1 heterocycles. The summed E-state index contributed by atoms with van der Waals surface area (Å²) in [6.07, 6.45) is -6.33. The number of nitrogens with one attached hydrogen (secondary N) is 1. The fraction of sp³-hybridized carbons (Fsp3) is 0.583. The van der Waals surface area contributed by atoms with Crippen molar-refractivity contribution in [1.29, 1.82) is 0 Å². The van der Waals surface area contributed by atoms with Gasteiger partial charge in [0.15, 0.2) is 6.10 Å². The Morgan fingerprint density at radius 2 is 1.95 bits per heavy atom. The molecule has 0 spiro atoms. The highest BCUT2D eigenvalue weighted by molar-refractivity contribution is 6.31. The van der Waals surface area contributed by atoms with E-state index in [0.717, 1.165) is 6.92 Å². The Bertz CT molecular complexity index is 424. The standard InChI is InChI=1S/C12H16ClF3N2O/c1-7(2)17-6-10-9(13)4-5-11(18-10)19-8(3)12(14,15)16/h4-5,7-8,17H,6H2,1-3H3. The van der Waals surface area contributed by atoms with Gasteiger partial charge < -0.3 is 10.1 Å². The van der Waals surface area contributed by atoms with Gasteiger partial charge >= 0.3 is 6.18 Å². The molecule has 0 aliphatic rings. The SMILES string of the molecule is CC(C)NCc1nc(OC(C)C(F)(F)F)ccc1Cl. The molecule has 1 atom stereocenters. The summed E-state index contributed by atoms with van der Waals surface area (Å²) < 4.78 is 41.9. The first kappa shape index (κ1) is 16.0. The molecule has 0 aliphatic carbocycles. The van der Waals surface area contributed by atoms with E-state index in [-0.39, 0.29) is 11.9 Å². The molecule has 19 heavy (non-hydrogen) atoms. The number of hydrogen-bond acceptors (Lipinski definition) is 3. The van der Waals surface area contributed by atoms with Crippen LogP contribution in [-0.2, 0) is 6.54 Å². The largest absolute Gasteiger partial charge is 0.465 e. The minimum absolute atomic E-state index is 0.0882. The van der Waals surface area contributed by atoms with Gasteiger partial charge in [-0.2, -0.15) is 13.2 Å². The van der Waals surface area contributed by atoms with Crippen LogP contribution in [0.4, 0.5) is 13.2 Å². The number of aromatic nitrogens is 1. The predicted molar refractivity (Wildman–Crippen MR) is 67.4 cm³/mol. The van der Waals surface area contributed by atoms with Gasteiger partial charge in [-0.05, 0) is 13.0 Å². The van der Waals surface area contributed by atoms with Crippen molar-refractivity contribution in [2.45, 2.75) is 45.6 Å². The van der Waals surface area contributed by atoms with Crippen molar-refractivity contribution in [2.75, 3.05) is 0 Å². The lowest BCUT2D eigenvalue weighted by atomic mass is 10.3. The number of nitrogens with zero attached hydrogens (tertiary/aromatic N) is 1. The smallest absolute Gasteiger partial charge is 0.425 e. The molecule has 0 saturated carbocycles. The van der Waals surface area contributed by atoms with Crippen LogP contribution in [0.5, 0.6) is 5.88 Å². The Morgan fingerprint density at radius 1 is 1.32 bits per heavy atom. The average molecular weight is 297 g/mol. The molecule has 1 aromatic rings. The van der Waals surface area contributed by atoms with Crippen molar-refractivity contribution < 1.29 is 17.9 Å². The fourth-order valence-electron chi connectivity index (χ4n) is 1.20. The molecule has 0 amide bonds. The van der Waals surface area contributed by atoms with Gasteiger partial charge in [0, 0.05) is 18.7 Å². The number of halogens is 4. The molecule has 0 saturated heterocycles. The van der Waals surface area contributed by atoms with Crippen LogP contribution in [0.1, 0.15) is 26.5 Å². The Morgan fingerprint density at radius 3 is 2.47 bits per heavy atom. The van der Waals surface area contributed by atoms with E-state index in [0.29, 0.717) is 17.3 Å². The van der Waals surface area contributed by atoms with Gasteiger partial charge in [-0.15, -0.1) is 0 Å². The monoisotopic (exact) mass is 296 g/mol. The molecule has 3 nitrogen and oxygen atoms in total. The highest BCUT2D eigenvalue weighted by atomic mass is 35.5. The summed E-state index contributed by atoms with van der Waals surface area (Å²) in [5, 5.41) is 3.48. The third-order valence-electron chi connectivity index (χ3n) is 2.33. The quantitative estimate of drug-likeness (QED) is 0.902. The van der Waals surface area contributed by atoms with Crippen LogP contribution in [0.3, 0.4) is 0 Å². The van der Waals surface area contributed by atoms with Gasteiger partial charge in [0.1, 0.15) is 0 Å². The normalized spacial score (nSPS) is 13.7. The first-order valence-corrected chi connectivity index (χ1v) is 6.20. The van der Waals surface area contributed by atoms with Crippen LogP contribution >= 0.6 is 11.6 Å². The maximum atomic E-state index is 12.4. The topological polar surface area (TPSA) is 34.2 Å². The second-order valence-corrected chi connectivity index (χ2v) is 4.82. The lowest BCUT2D eigenvalue weighted by molar-refractivity contribution is -0.190. The summed E-state index contributed by atoms with van der Waals surface area (Å²) in [6.45, 7) is 5.19. The van der Waals surface area contributed by atoms with Crippen molar-refractivity contribution in [3.05, 3.63) is 22.8 Å². The number of pyridine rings is 1. The number of hydrogen-bond donors (Lipinski definition) is 1. The summed E-state index contributed by atoms with van der Waals surface area (Å²) in [6, 6.07) is 3.02. The number of ether oxygens (including phenoxy) is 1. The van der Waals surface area contributed by atoms with E-state index in [2.05, 4.69) is 10.3 Å². The van der Waals surface area contributed by atoms with E-state index < -0.39 is 12.3 Å². The molecule has 0 radical (unpaired) electrons. The molecule has 0 aromatic carbocycles. The van der Waals surface area contributed by atoms with E-state index in [9.17, 15) is 13.2 Å². The molecule has 7 heteroatoms. The molecule has 1 rings (SSSR count). The van der Waals surface area contributed by atoms with Gasteiger partial charge in [0.2, 0.25) is 5.88 Å². The van der Waals surface area contributed by atoms with Crippen LogP contribution < -0.4 is 10.1 Å².